The number of rotatable bonds is 4. The van der Waals surface area contributed by atoms with Gasteiger partial charge in [-0.05, 0) is 19.4 Å². The highest BCUT2D eigenvalue weighted by Gasteiger charge is 2.22. The number of benzene rings is 1. The van der Waals surface area contributed by atoms with Crippen molar-refractivity contribution < 1.29 is 14.6 Å². The molecule has 4 nitrogen and oxygen atoms in total. The SMILES string of the molecule is Cc1cc(C)cc(CN2CCOC(CC(=O)O)C2)c1. The lowest BCUT2D eigenvalue weighted by atomic mass is 10.1. The van der Waals surface area contributed by atoms with Crippen LogP contribution in [0.25, 0.3) is 0 Å². The van der Waals surface area contributed by atoms with Crippen LogP contribution in [-0.4, -0.2) is 41.8 Å². The Hall–Kier alpha value is -1.39. The first-order valence-corrected chi connectivity index (χ1v) is 6.66. The molecular weight excluding hydrogens is 242 g/mol. The largest absolute Gasteiger partial charge is 0.481 e. The Kier molecular flexibility index (Phi) is 4.56. The molecule has 0 bridgehead atoms. The molecule has 0 saturated carbocycles. The molecular formula is C15H21NO3. The molecule has 0 aliphatic carbocycles. The molecule has 1 heterocycles. The third-order valence-corrected chi connectivity index (χ3v) is 3.31. The minimum Gasteiger partial charge on any atom is -0.481 e. The predicted octanol–water partition coefficient (Wildman–Crippen LogP) is 1.98. The van der Waals surface area contributed by atoms with E-state index < -0.39 is 5.97 Å². The third-order valence-electron chi connectivity index (χ3n) is 3.31. The summed E-state index contributed by atoms with van der Waals surface area (Å²) in [6.07, 6.45) is -0.0965. The Bertz CT molecular complexity index is 438. The van der Waals surface area contributed by atoms with Gasteiger partial charge in [-0.3, -0.25) is 9.69 Å². The summed E-state index contributed by atoms with van der Waals surface area (Å²) in [6, 6.07) is 6.54. The average Bonchev–Trinajstić information content (AvgIpc) is 2.26. The summed E-state index contributed by atoms with van der Waals surface area (Å²) in [5.41, 5.74) is 3.82. The van der Waals surface area contributed by atoms with Crippen molar-refractivity contribution in [2.45, 2.75) is 32.9 Å². The van der Waals surface area contributed by atoms with Crippen molar-refractivity contribution in [1.82, 2.24) is 4.90 Å². The van der Waals surface area contributed by atoms with Gasteiger partial charge >= 0.3 is 5.97 Å². The molecule has 19 heavy (non-hydrogen) atoms. The fraction of sp³-hybridized carbons (Fsp3) is 0.533. The molecule has 104 valence electrons. The number of ether oxygens (including phenoxy) is 1. The molecule has 0 amide bonds. The minimum atomic E-state index is -0.793. The van der Waals surface area contributed by atoms with Crippen LogP contribution in [0.3, 0.4) is 0 Å². The van der Waals surface area contributed by atoms with Crippen molar-refractivity contribution in [3.05, 3.63) is 34.9 Å². The number of carbonyl (C=O) groups is 1. The molecule has 0 aromatic heterocycles. The highest BCUT2D eigenvalue weighted by Crippen LogP contribution is 2.15. The minimum absolute atomic E-state index is 0.0867. The van der Waals surface area contributed by atoms with E-state index >= 15 is 0 Å². The lowest BCUT2D eigenvalue weighted by molar-refractivity contribution is -0.142. The highest BCUT2D eigenvalue weighted by molar-refractivity contribution is 5.67. The number of carboxylic acid groups (broad SMARTS) is 1. The van der Waals surface area contributed by atoms with Crippen molar-refractivity contribution in [3.63, 3.8) is 0 Å². The van der Waals surface area contributed by atoms with E-state index in [1.165, 1.54) is 16.7 Å². The molecule has 1 saturated heterocycles. The summed E-state index contributed by atoms with van der Waals surface area (Å²) in [5, 5.41) is 8.82. The van der Waals surface area contributed by atoms with Crippen LogP contribution in [0.5, 0.6) is 0 Å². The van der Waals surface area contributed by atoms with Crippen LogP contribution >= 0.6 is 0 Å². The van der Waals surface area contributed by atoms with Crippen LogP contribution < -0.4 is 0 Å². The molecule has 1 fully saturated rings. The van der Waals surface area contributed by atoms with Gasteiger partial charge in [-0.15, -0.1) is 0 Å². The van der Waals surface area contributed by atoms with Crippen LogP contribution in [0.4, 0.5) is 0 Å². The van der Waals surface area contributed by atoms with Gasteiger partial charge in [0.15, 0.2) is 0 Å². The van der Waals surface area contributed by atoms with E-state index in [1.54, 1.807) is 0 Å². The van der Waals surface area contributed by atoms with Crippen LogP contribution in [0, 0.1) is 13.8 Å². The first kappa shape index (κ1) is 14.0. The molecule has 1 atom stereocenters. The molecule has 0 spiro atoms. The fourth-order valence-corrected chi connectivity index (χ4v) is 2.66. The highest BCUT2D eigenvalue weighted by atomic mass is 16.5. The molecule has 0 radical (unpaired) electrons. The number of hydrogen-bond donors (Lipinski definition) is 1. The van der Waals surface area contributed by atoms with Gasteiger partial charge < -0.3 is 9.84 Å². The van der Waals surface area contributed by atoms with Gasteiger partial charge in [0, 0.05) is 19.6 Å². The van der Waals surface area contributed by atoms with E-state index in [2.05, 4.69) is 36.9 Å². The summed E-state index contributed by atoms with van der Waals surface area (Å²) in [4.78, 5) is 13.0. The molecule has 1 aromatic rings. The van der Waals surface area contributed by atoms with Gasteiger partial charge in [0.2, 0.25) is 0 Å². The second kappa shape index (κ2) is 6.17. The summed E-state index contributed by atoms with van der Waals surface area (Å²) in [6.45, 7) is 7.24. The molecule has 4 heteroatoms. The summed E-state index contributed by atoms with van der Waals surface area (Å²) in [5.74, 6) is -0.793. The maximum Gasteiger partial charge on any atom is 0.306 e. The summed E-state index contributed by atoms with van der Waals surface area (Å²) >= 11 is 0. The zero-order chi connectivity index (χ0) is 13.8. The van der Waals surface area contributed by atoms with Crippen molar-refractivity contribution >= 4 is 5.97 Å². The first-order valence-electron chi connectivity index (χ1n) is 6.66. The second-order valence-electron chi connectivity index (χ2n) is 5.32. The normalized spacial score (nSPS) is 20.4. The van der Waals surface area contributed by atoms with E-state index in [1.807, 2.05) is 0 Å². The van der Waals surface area contributed by atoms with Gasteiger partial charge in [-0.2, -0.15) is 0 Å². The average molecular weight is 263 g/mol. The van der Waals surface area contributed by atoms with Crippen LogP contribution in [-0.2, 0) is 16.1 Å². The predicted molar refractivity (Wildman–Crippen MR) is 73.2 cm³/mol. The van der Waals surface area contributed by atoms with Crippen LogP contribution in [0.2, 0.25) is 0 Å². The molecule has 2 rings (SSSR count). The lowest BCUT2D eigenvalue weighted by Gasteiger charge is -2.32. The van der Waals surface area contributed by atoms with E-state index in [-0.39, 0.29) is 12.5 Å². The Morgan fingerprint density at radius 1 is 1.37 bits per heavy atom. The number of aliphatic carboxylic acids is 1. The van der Waals surface area contributed by atoms with E-state index in [9.17, 15) is 4.79 Å². The van der Waals surface area contributed by atoms with Gasteiger partial charge in [-0.1, -0.05) is 29.3 Å². The van der Waals surface area contributed by atoms with E-state index in [0.29, 0.717) is 13.2 Å². The zero-order valence-electron chi connectivity index (χ0n) is 11.6. The number of aryl methyl sites for hydroxylation is 2. The Balaban J connectivity index is 1.96. The van der Waals surface area contributed by atoms with Crippen molar-refractivity contribution in [3.8, 4) is 0 Å². The zero-order valence-corrected chi connectivity index (χ0v) is 11.6. The smallest absolute Gasteiger partial charge is 0.306 e. The lowest BCUT2D eigenvalue weighted by Crippen LogP contribution is -2.42. The maximum atomic E-state index is 10.7. The Morgan fingerprint density at radius 2 is 2.05 bits per heavy atom. The molecule has 1 N–H and O–H groups in total. The van der Waals surface area contributed by atoms with Crippen molar-refractivity contribution in [2.24, 2.45) is 0 Å². The maximum absolute atomic E-state index is 10.7. The quantitative estimate of drug-likeness (QED) is 0.902. The molecule has 1 aliphatic rings. The van der Waals surface area contributed by atoms with Crippen molar-refractivity contribution in [2.75, 3.05) is 19.7 Å². The number of nitrogens with zero attached hydrogens (tertiary/aromatic N) is 1. The number of morpholine rings is 1. The van der Waals surface area contributed by atoms with Gasteiger partial charge in [0.1, 0.15) is 0 Å². The number of hydrogen-bond acceptors (Lipinski definition) is 3. The first-order chi connectivity index (χ1) is 9.02. The third kappa shape index (κ3) is 4.33. The Morgan fingerprint density at radius 3 is 2.68 bits per heavy atom. The van der Waals surface area contributed by atoms with E-state index in [4.69, 9.17) is 9.84 Å². The van der Waals surface area contributed by atoms with Gasteiger partial charge in [-0.25, -0.2) is 0 Å². The molecule has 1 aliphatic heterocycles. The van der Waals surface area contributed by atoms with Gasteiger partial charge in [0.25, 0.3) is 0 Å². The number of carboxylic acids is 1. The van der Waals surface area contributed by atoms with Gasteiger partial charge in [0.05, 0.1) is 19.1 Å². The Labute approximate surface area is 114 Å². The topological polar surface area (TPSA) is 49.8 Å². The monoisotopic (exact) mass is 263 g/mol. The summed E-state index contributed by atoms with van der Waals surface area (Å²) in [7, 11) is 0. The van der Waals surface area contributed by atoms with E-state index in [0.717, 1.165) is 13.1 Å². The fourth-order valence-electron chi connectivity index (χ4n) is 2.66. The van der Waals surface area contributed by atoms with Crippen molar-refractivity contribution in [1.29, 1.82) is 0 Å². The standard InChI is InChI=1S/C15H21NO3/c1-11-5-12(2)7-13(6-11)9-16-3-4-19-14(10-16)8-15(17)18/h5-7,14H,3-4,8-10H2,1-2H3,(H,17,18). The second-order valence-corrected chi connectivity index (χ2v) is 5.32. The molecule has 1 unspecified atom stereocenters. The van der Waals surface area contributed by atoms with Crippen LogP contribution in [0.15, 0.2) is 18.2 Å². The molecule has 1 aromatic carbocycles. The summed E-state index contributed by atoms with van der Waals surface area (Å²) < 4.78 is 5.48. The van der Waals surface area contributed by atoms with Crippen LogP contribution in [0.1, 0.15) is 23.1 Å².